The van der Waals surface area contributed by atoms with E-state index in [0.29, 0.717) is 0 Å². The van der Waals surface area contributed by atoms with Crippen LogP contribution in [0.5, 0.6) is 0 Å². The molecule has 0 atom stereocenters. The summed E-state index contributed by atoms with van der Waals surface area (Å²) in [5.41, 5.74) is -0.697. The lowest BCUT2D eigenvalue weighted by Crippen LogP contribution is -2.41. The van der Waals surface area contributed by atoms with Crippen LogP contribution in [0.3, 0.4) is 0 Å². The van der Waals surface area contributed by atoms with Gasteiger partial charge in [0.25, 0.3) is 17.5 Å². The molecule has 2 amide bonds. The van der Waals surface area contributed by atoms with Gasteiger partial charge in [-0.15, -0.1) is 0 Å². The molecule has 0 fully saturated rings. The number of carbonyl (C=O) groups excluding carboxylic acids is 2. The second kappa shape index (κ2) is 8.91. The molecule has 3 aromatic rings. The number of benzene rings is 3. The van der Waals surface area contributed by atoms with Gasteiger partial charge in [-0.3, -0.25) is 19.7 Å². The van der Waals surface area contributed by atoms with E-state index < -0.39 is 34.5 Å². The van der Waals surface area contributed by atoms with E-state index in [1.54, 1.807) is 0 Å². The first-order chi connectivity index (χ1) is 14.4. The molecule has 3 aromatic carbocycles. The van der Waals surface area contributed by atoms with Gasteiger partial charge in [0, 0.05) is 17.7 Å². The van der Waals surface area contributed by atoms with Crippen LogP contribution in [-0.2, 0) is 0 Å². The summed E-state index contributed by atoms with van der Waals surface area (Å²) in [6.45, 7) is 0. The quantitative estimate of drug-likeness (QED) is 0.367. The molecule has 0 aliphatic carbocycles. The molecule has 0 aliphatic rings. The van der Waals surface area contributed by atoms with Gasteiger partial charge in [0.2, 0.25) is 0 Å². The summed E-state index contributed by atoms with van der Waals surface area (Å²) in [6, 6.07) is 15.6. The van der Waals surface area contributed by atoms with Crippen LogP contribution in [0.25, 0.3) is 0 Å². The van der Waals surface area contributed by atoms with Gasteiger partial charge in [-0.1, -0.05) is 36.4 Å². The SMILES string of the molecule is O=C(NC(NC(=O)c1ccccc1F)c1cccc([N+](=O)[O-])c1)c1ccccc1F. The van der Waals surface area contributed by atoms with Crippen molar-refractivity contribution in [2.75, 3.05) is 0 Å². The number of amides is 2. The van der Waals surface area contributed by atoms with Crippen LogP contribution in [0.1, 0.15) is 32.4 Å². The number of nitrogens with zero attached hydrogens (tertiary/aromatic N) is 1. The second-order valence-electron chi connectivity index (χ2n) is 6.19. The topological polar surface area (TPSA) is 101 Å². The van der Waals surface area contributed by atoms with E-state index in [0.717, 1.165) is 18.2 Å². The number of non-ortho nitro benzene ring substituents is 1. The lowest BCUT2D eigenvalue weighted by Gasteiger charge is -2.21. The number of rotatable bonds is 6. The minimum atomic E-state index is -1.29. The van der Waals surface area contributed by atoms with Gasteiger partial charge in [-0.05, 0) is 24.3 Å². The summed E-state index contributed by atoms with van der Waals surface area (Å²) < 4.78 is 27.9. The van der Waals surface area contributed by atoms with Crippen LogP contribution < -0.4 is 10.6 Å². The van der Waals surface area contributed by atoms with E-state index in [-0.39, 0.29) is 22.4 Å². The highest BCUT2D eigenvalue weighted by atomic mass is 19.1. The third kappa shape index (κ3) is 4.64. The van der Waals surface area contributed by atoms with E-state index in [2.05, 4.69) is 10.6 Å². The highest BCUT2D eigenvalue weighted by Crippen LogP contribution is 2.20. The molecule has 2 N–H and O–H groups in total. The normalized spacial score (nSPS) is 10.5. The second-order valence-corrected chi connectivity index (χ2v) is 6.19. The molecular formula is C21H15F2N3O4. The molecule has 0 saturated heterocycles. The number of hydrogen-bond acceptors (Lipinski definition) is 4. The number of nitrogens with one attached hydrogen (secondary N) is 2. The van der Waals surface area contributed by atoms with Crippen molar-refractivity contribution in [2.45, 2.75) is 6.17 Å². The fourth-order valence-electron chi connectivity index (χ4n) is 2.73. The Bertz CT molecular complexity index is 1060. The average molecular weight is 411 g/mol. The lowest BCUT2D eigenvalue weighted by atomic mass is 10.1. The average Bonchev–Trinajstić information content (AvgIpc) is 2.73. The Balaban J connectivity index is 1.94. The third-order valence-corrected chi connectivity index (χ3v) is 4.20. The molecule has 0 heterocycles. The molecular weight excluding hydrogens is 396 g/mol. The monoisotopic (exact) mass is 411 g/mol. The summed E-state index contributed by atoms with van der Waals surface area (Å²) in [7, 11) is 0. The maximum Gasteiger partial charge on any atom is 0.269 e. The predicted molar refractivity (Wildman–Crippen MR) is 104 cm³/mol. The fraction of sp³-hybridized carbons (Fsp3) is 0.0476. The van der Waals surface area contributed by atoms with Crippen molar-refractivity contribution in [3.8, 4) is 0 Å². The van der Waals surface area contributed by atoms with Gasteiger partial charge in [-0.25, -0.2) is 8.78 Å². The summed E-state index contributed by atoms with van der Waals surface area (Å²) in [5.74, 6) is -3.29. The standard InChI is InChI=1S/C21H15F2N3O4/c22-17-10-3-1-8-15(17)20(27)24-19(13-6-5-7-14(12-13)26(29)30)25-21(28)16-9-2-4-11-18(16)23/h1-12,19H,(H,24,27)(H,25,28). The molecule has 3 rings (SSSR count). The minimum absolute atomic E-state index is 0.151. The molecule has 0 radical (unpaired) electrons. The number of carbonyl (C=O) groups is 2. The number of hydrogen-bond donors (Lipinski definition) is 2. The van der Waals surface area contributed by atoms with Crippen molar-refractivity contribution in [2.24, 2.45) is 0 Å². The van der Waals surface area contributed by atoms with Crippen LogP contribution >= 0.6 is 0 Å². The first-order valence-electron chi connectivity index (χ1n) is 8.72. The molecule has 0 spiro atoms. The van der Waals surface area contributed by atoms with Crippen LogP contribution in [0.15, 0.2) is 72.8 Å². The van der Waals surface area contributed by atoms with E-state index in [1.807, 2.05) is 0 Å². The summed E-state index contributed by atoms with van der Waals surface area (Å²) in [4.78, 5) is 35.5. The maximum absolute atomic E-state index is 14.0. The van der Waals surface area contributed by atoms with Crippen molar-refractivity contribution in [3.63, 3.8) is 0 Å². The highest BCUT2D eigenvalue weighted by Gasteiger charge is 2.23. The zero-order valence-corrected chi connectivity index (χ0v) is 15.3. The number of halogens is 2. The van der Waals surface area contributed by atoms with Crippen molar-refractivity contribution >= 4 is 17.5 Å². The zero-order valence-electron chi connectivity index (χ0n) is 15.3. The molecule has 30 heavy (non-hydrogen) atoms. The number of nitro groups is 1. The summed E-state index contributed by atoms with van der Waals surface area (Å²) in [5, 5.41) is 15.9. The van der Waals surface area contributed by atoms with E-state index in [1.165, 1.54) is 54.6 Å². The molecule has 0 aliphatic heterocycles. The lowest BCUT2D eigenvalue weighted by molar-refractivity contribution is -0.384. The first-order valence-corrected chi connectivity index (χ1v) is 8.72. The van der Waals surface area contributed by atoms with E-state index >= 15 is 0 Å². The minimum Gasteiger partial charge on any atom is -0.328 e. The Hall–Kier alpha value is -4.14. The zero-order chi connectivity index (χ0) is 21.7. The van der Waals surface area contributed by atoms with Crippen molar-refractivity contribution in [3.05, 3.63) is 111 Å². The molecule has 0 bridgehead atoms. The van der Waals surface area contributed by atoms with E-state index in [9.17, 15) is 28.5 Å². The Morgan fingerprint density at radius 1 is 0.800 bits per heavy atom. The van der Waals surface area contributed by atoms with Gasteiger partial charge in [-0.2, -0.15) is 0 Å². The van der Waals surface area contributed by atoms with Crippen LogP contribution in [0.2, 0.25) is 0 Å². The van der Waals surface area contributed by atoms with Crippen LogP contribution in [-0.4, -0.2) is 16.7 Å². The Labute approximate surface area is 169 Å². The van der Waals surface area contributed by atoms with E-state index in [4.69, 9.17) is 0 Å². The van der Waals surface area contributed by atoms with Gasteiger partial charge in [0.1, 0.15) is 17.8 Å². The van der Waals surface area contributed by atoms with Crippen LogP contribution in [0.4, 0.5) is 14.5 Å². The Kier molecular flexibility index (Phi) is 6.11. The van der Waals surface area contributed by atoms with Crippen LogP contribution in [0, 0.1) is 21.7 Å². The first kappa shape index (κ1) is 20.6. The third-order valence-electron chi connectivity index (χ3n) is 4.20. The molecule has 152 valence electrons. The van der Waals surface area contributed by atoms with Gasteiger partial charge in [0.15, 0.2) is 0 Å². The summed E-state index contributed by atoms with van der Waals surface area (Å²) >= 11 is 0. The van der Waals surface area contributed by atoms with Gasteiger partial charge in [0.05, 0.1) is 16.1 Å². The summed E-state index contributed by atoms with van der Waals surface area (Å²) in [6.07, 6.45) is -1.29. The molecule has 0 aromatic heterocycles. The molecule has 9 heteroatoms. The molecule has 7 nitrogen and oxygen atoms in total. The molecule has 0 saturated carbocycles. The largest absolute Gasteiger partial charge is 0.328 e. The fourth-order valence-corrected chi connectivity index (χ4v) is 2.73. The van der Waals surface area contributed by atoms with Crippen molar-refractivity contribution in [1.29, 1.82) is 0 Å². The Morgan fingerprint density at radius 2 is 1.30 bits per heavy atom. The predicted octanol–water partition coefficient (Wildman–Crippen LogP) is 3.73. The van der Waals surface area contributed by atoms with Gasteiger partial charge < -0.3 is 10.6 Å². The smallest absolute Gasteiger partial charge is 0.269 e. The van der Waals surface area contributed by atoms with Gasteiger partial charge >= 0.3 is 0 Å². The molecule has 0 unspecified atom stereocenters. The Morgan fingerprint density at radius 3 is 1.77 bits per heavy atom. The van der Waals surface area contributed by atoms with Crippen molar-refractivity contribution < 1.29 is 23.3 Å². The number of nitro benzene ring substituents is 1. The van der Waals surface area contributed by atoms with Crippen molar-refractivity contribution in [1.82, 2.24) is 10.6 Å². The highest BCUT2D eigenvalue weighted by molar-refractivity contribution is 5.97. The maximum atomic E-state index is 14.0.